The Morgan fingerprint density at radius 3 is 2.84 bits per heavy atom. The van der Waals surface area contributed by atoms with Crippen molar-refractivity contribution in [2.75, 3.05) is 13.1 Å². The van der Waals surface area contributed by atoms with Gasteiger partial charge in [0.1, 0.15) is 5.01 Å². The van der Waals surface area contributed by atoms with Gasteiger partial charge in [0.15, 0.2) is 0 Å². The number of carbonyl (C=O) groups is 2. The summed E-state index contributed by atoms with van der Waals surface area (Å²) in [5.74, 6) is -0.209. The third-order valence-electron chi connectivity index (χ3n) is 5.81. The number of aromatic nitrogens is 3. The maximum Gasteiger partial charge on any atom is 0.250 e. The van der Waals surface area contributed by atoms with Crippen molar-refractivity contribution in [3.05, 3.63) is 46.7 Å². The van der Waals surface area contributed by atoms with Crippen molar-refractivity contribution < 1.29 is 9.59 Å². The Labute approximate surface area is 185 Å². The molecule has 7 nitrogen and oxygen atoms in total. The first-order valence-electron chi connectivity index (χ1n) is 10.7. The smallest absolute Gasteiger partial charge is 0.250 e. The highest BCUT2D eigenvalue weighted by Crippen LogP contribution is 2.32. The molecular weight excluding hydrogens is 410 g/mol. The number of thiazole rings is 1. The lowest BCUT2D eigenvalue weighted by molar-refractivity contribution is -0.127. The summed E-state index contributed by atoms with van der Waals surface area (Å²) in [5.41, 5.74) is 10.7. The van der Waals surface area contributed by atoms with Crippen LogP contribution in [0.5, 0.6) is 0 Å². The van der Waals surface area contributed by atoms with Gasteiger partial charge in [0.2, 0.25) is 5.91 Å². The number of carbonyl (C=O) groups excluding carboxylic acids is 2. The largest absolute Gasteiger partial charge is 0.366 e. The Kier molecular flexibility index (Phi) is 6.18. The summed E-state index contributed by atoms with van der Waals surface area (Å²) in [6.45, 7) is 6.25. The van der Waals surface area contributed by atoms with Gasteiger partial charge in [-0.1, -0.05) is 6.92 Å². The summed E-state index contributed by atoms with van der Waals surface area (Å²) in [6, 6.07) is 5.87. The van der Waals surface area contributed by atoms with Crippen molar-refractivity contribution in [1.29, 1.82) is 0 Å². The summed E-state index contributed by atoms with van der Waals surface area (Å²) in [7, 11) is 0. The summed E-state index contributed by atoms with van der Waals surface area (Å²) in [5, 5.41) is 2.93. The van der Waals surface area contributed by atoms with Crippen molar-refractivity contribution in [3.63, 3.8) is 0 Å². The van der Waals surface area contributed by atoms with Gasteiger partial charge < -0.3 is 15.2 Å². The number of primary amides is 1. The fraction of sp³-hybridized carbons (Fsp3) is 0.391. The van der Waals surface area contributed by atoms with Crippen LogP contribution >= 0.6 is 11.3 Å². The van der Waals surface area contributed by atoms with Crippen LogP contribution in [0.25, 0.3) is 22.0 Å². The number of likely N-dealkylation sites (tertiary alicyclic amines) is 1. The number of nitrogens with two attached hydrogens (primary N) is 1. The average Bonchev–Trinajstić information content (AvgIpc) is 3.48. The van der Waals surface area contributed by atoms with E-state index in [2.05, 4.69) is 22.5 Å². The average molecular weight is 438 g/mol. The second-order valence-electron chi connectivity index (χ2n) is 7.81. The number of hydrogen-bond acceptors (Lipinski definition) is 5. The first-order valence-corrected chi connectivity index (χ1v) is 11.5. The molecule has 1 fully saturated rings. The highest BCUT2D eigenvalue weighted by atomic mass is 32.1. The molecular formula is C23H27N5O2S. The van der Waals surface area contributed by atoms with Crippen molar-refractivity contribution in [1.82, 2.24) is 19.4 Å². The van der Waals surface area contributed by atoms with Gasteiger partial charge in [0, 0.05) is 54.6 Å². The maximum absolute atomic E-state index is 12.0. The van der Waals surface area contributed by atoms with Crippen molar-refractivity contribution in [2.45, 2.75) is 46.1 Å². The van der Waals surface area contributed by atoms with Crippen LogP contribution in [0, 0.1) is 6.92 Å². The standard InChI is InChI=1S/C23H27N5O2S/c1-3-17-12-16(7-8-25-17)23-26-19(14-31-23)20-13-18(22(24)30)15(2)28(20)11-5-10-27-9-4-6-21(27)29/h7-8,12-14H,3-6,9-11H2,1-2H3,(H2,24,30). The minimum Gasteiger partial charge on any atom is -0.366 e. The summed E-state index contributed by atoms with van der Waals surface area (Å²) in [6.07, 6.45) is 5.08. The molecule has 0 bridgehead atoms. The summed E-state index contributed by atoms with van der Waals surface area (Å²) in [4.78, 5) is 35.0. The molecule has 1 aliphatic heterocycles. The molecule has 31 heavy (non-hydrogen) atoms. The van der Waals surface area contributed by atoms with Crippen LogP contribution in [-0.2, 0) is 17.8 Å². The first-order chi connectivity index (χ1) is 15.0. The molecule has 0 atom stereocenters. The van der Waals surface area contributed by atoms with Gasteiger partial charge >= 0.3 is 0 Å². The first kappa shape index (κ1) is 21.2. The molecule has 4 rings (SSSR count). The number of rotatable bonds is 8. The number of nitrogens with zero attached hydrogens (tertiary/aromatic N) is 4. The zero-order valence-corrected chi connectivity index (χ0v) is 18.7. The van der Waals surface area contributed by atoms with E-state index in [1.807, 2.05) is 35.5 Å². The molecule has 3 aromatic rings. The molecule has 0 spiro atoms. The predicted molar refractivity (Wildman–Crippen MR) is 122 cm³/mol. The van der Waals surface area contributed by atoms with E-state index in [-0.39, 0.29) is 5.91 Å². The van der Waals surface area contributed by atoms with Crippen LogP contribution in [0.2, 0.25) is 0 Å². The second-order valence-corrected chi connectivity index (χ2v) is 8.67. The van der Waals surface area contributed by atoms with Gasteiger partial charge in [-0.05, 0) is 44.4 Å². The number of aryl methyl sites for hydroxylation is 1. The Bertz CT molecular complexity index is 1120. The van der Waals surface area contributed by atoms with Crippen LogP contribution in [0.1, 0.15) is 47.9 Å². The summed E-state index contributed by atoms with van der Waals surface area (Å²) < 4.78 is 2.10. The van der Waals surface area contributed by atoms with Crippen LogP contribution in [0.3, 0.4) is 0 Å². The van der Waals surface area contributed by atoms with E-state index in [4.69, 9.17) is 10.7 Å². The molecule has 0 unspecified atom stereocenters. The molecule has 0 saturated carbocycles. The Balaban J connectivity index is 1.61. The van der Waals surface area contributed by atoms with E-state index in [1.165, 1.54) is 0 Å². The van der Waals surface area contributed by atoms with E-state index in [0.29, 0.717) is 18.5 Å². The highest BCUT2D eigenvalue weighted by Gasteiger charge is 2.21. The molecule has 4 heterocycles. The van der Waals surface area contributed by atoms with Crippen LogP contribution in [-0.4, -0.2) is 44.3 Å². The van der Waals surface area contributed by atoms with Crippen molar-refractivity contribution in [3.8, 4) is 22.0 Å². The fourth-order valence-corrected chi connectivity index (χ4v) is 4.89. The third-order valence-corrected chi connectivity index (χ3v) is 6.70. The molecule has 2 amide bonds. The van der Waals surface area contributed by atoms with Gasteiger partial charge in [-0.25, -0.2) is 4.98 Å². The van der Waals surface area contributed by atoms with E-state index in [0.717, 1.165) is 65.7 Å². The van der Waals surface area contributed by atoms with Gasteiger partial charge in [-0.3, -0.25) is 14.6 Å². The monoisotopic (exact) mass is 437 g/mol. The van der Waals surface area contributed by atoms with Gasteiger partial charge in [0.25, 0.3) is 5.91 Å². The van der Waals surface area contributed by atoms with E-state index in [9.17, 15) is 9.59 Å². The van der Waals surface area contributed by atoms with Gasteiger partial charge in [0.05, 0.1) is 17.0 Å². The zero-order chi connectivity index (χ0) is 22.0. The summed E-state index contributed by atoms with van der Waals surface area (Å²) >= 11 is 1.57. The second kappa shape index (κ2) is 9.01. The molecule has 3 aromatic heterocycles. The Hall–Kier alpha value is -3.00. The topological polar surface area (TPSA) is 94.1 Å². The van der Waals surface area contributed by atoms with E-state index < -0.39 is 5.91 Å². The van der Waals surface area contributed by atoms with Crippen LogP contribution in [0.15, 0.2) is 29.8 Å². The number of hydrogen-bond donors (Lipinski definition) is 1. The minimum atomic E-state index is -0.440. The number of amides is 2. The molecule has 0 aromatic carbocycles. The normalized spacial score (nSPS) is 13.9. The third kappa shape index (κ3) is 4.39. The molecule has 162 valence electrons. The van der Waals surface area contributed by atoms with E-state index in [1.54, 1.807) is 11.3 Å². The fourth-order valence-electron chi connectivity index (χ4n) is 4.08. The van der Waals surface area contributed by atoms with Gasteiger partial charge in [-0.2, -0.15) is 0 Å². The Morgan fingerprint density at radius 1 is 1.29 bits per heavy atom. The maximum atomic E-state index is 12.0. The Morgan fingerprint density at radius 2 is 2.13 bits per heavy atom. The van der Waals surface area contributed by atoms with E-state index >= 15 is 0 Å². The highest BCUT2D eigenvalue weighted by molar-refractivity contribution is 7.13. The SMILES string of the molecule is CCc1cc(-c2nc(-c3cc(C(N)=O)c(C)n3CCCN3CCCC3=O)cs2)ccn1. The minimum absolute atomic E-state index is 0.232. The molecule has 1 saturated heterocycles. The lowest BCUT2D eigenvalue weighted by Gasteiger charge is -2.17. The quantitative estimate of drug-likeness (QED) is 0.582. The zero-order valence-electron chi connectivity index (χ0n) is 17.9. The molecule has 1 aliphatic rings. The van der Waals surface area contributed by atoms with Crippen molar-refractivity contribution in [2.24, 2.45) is 5.73 Å². The predicted octanol–water partition coefficient (Wildman–Crippen LogP) is 3.66. The molecule has 0 radical (unpaired) electrons. The lowest BCUT2D eigenvalue weighted by Crippen LogP contribution is -2.26. The molecule has 8 heteroatoms. The number of pyridine rings is 1. The van der Waals surface area contributed by atoms with Crippen LogP contribution in [0.4, 0.5) is 0 Å². The van der Waals surface area contributed by atoms with Gasteiger partial charge in [-0.15, -0.1) is 11.3 Å². The molecule has 0 aliphatic carbocycles. The van der Waals surface area contributed by atoms with Crippen molar-refractivity contribution >= 4 is 23.2 Å². The van der Waals surface area contributed by atoms with Crippen LogP contribution < -0.4 is 5.73 Å². The molecule has 2 N–H and O–H groups in total. The lowest BCUT2D eigenvalue weighted by atomic mass is 10.2.